The predicted octanol–water partition coefficient (Wildman–Crippen LogP) is 2.43. The smallest absolute Gasteiger partial charge is 0.315 e. The molecule has 1 aromatic rings. The van der Waals surface area contributed by atoms with E-state index in [1.54, 1.807) is 0 Å². The minimum Gasteiger partial charge on any atom is -0.379 e. The summed E-state index contributed by atoms with van der Waals surface area (Å²) in [6.45, 7) is 3.82. The Morgan fingerprint density at radius 3 is 2.78 bits per heavy atom. The van der Waals surface area contributed by atoms with Crippen molar-refractivity contribution in [3.63, 3.8) is 0 Å². The number of nitrogens with one attached hydrogen (secondary N) is 2. The van der Waals surface area contributed by atoms with Crippen LogP contribution in [-0.2, 0) is 11.3 Å². The SMILES string of the molecule is CC1(NC(=O)NCc2ccc(Br)cc2)CCOC1. The number of rotatable bonds is 3. The van der Waals surface area contributed by atoms with E-state index in [-0.39, 0.29) is 11.6 Å². The van der Waals surface area contributed by atoms with Crippen LogP contribution in [0.15, 0.2) is 28.7 Å². The normalized spacial score (nSPS) is 22.8. The molecule has 0 aliphatic carbocycles. The van der Waals surface area contributed by atoms with Crippen molar-refractivity contribution in [1.82, 2.24) is 10.6 Å². The minimum atomic E-state index is -0.232. The molecule has 1 saturated heterocycles. The van der Waals surface area contributed by atoms with Crippen LogP contribution >= 0.6 is 15.9 Å². The van der Waals surface area contributed by atoms with Gasteiger partial charge in [0.15, 0.2) is 0 Å². The highest BCUT2D eigenvalue weighted by molar-refractivity contribution is 9.10. The maximum absolute atomic E-state index is 11.8. The van der Waals surface area contributed by atoms with Crippen molar-refractivity contribution in [3.8, 4) is 0 Å². The first-order valence-electron chi connectivity index (χ1n) is 5.96. The van der Waals surface area contributed by atoms with Crippen LogP contribution in [0.3, 0.4) is 0 Å². The number of amides is 2. The average molecular weight is 313 g/mol. The quantitative estimate of drug-likeness (QED) is 0.900. The number of carbonyl (C=O) groups excluding carboxylic acids is 1. The van der Waals surface area contributed by atoms with Gasteiger partial charge in [-0.25, -0.2) is 4.79 Å². The lowest BCUT2D eigenvalue weighted by molar-refractivity contribution is 0.170. The maximum Gasteiger partial charge on any atom is 0.315 e. The Balaban J connectivity index is 1.79. The fourth-order valence-electron chi connectivity index (χ4n) is 1.87. The summed E-state index contributed by atoms with van der Waals surface area (Å²) in [5.41, 5.74) is 0.838. The lowest BCUT2D eigenvalue weighted by atomic mass is 10.0. The van der Waals surface area contributed by atoms with Crippen LogP contribution in [0.1, 0.15) is 18.9 Å². The van der Waals surface area contributed by atoms with E-state index in [4.69, 9.17) is 4.74 Å². The van der Waals surface area contributed by atoms with Crippen LogP contribution < -0.4 is 10.6 Å². The van der Waals surface area contributed by atoms with Crippen molar-refractivity contribution in [2.24, 2.45) is 0 Å². The van der Waals surface area contributed by atoms with Gasteiger partial charge in [0, 0.05) is 17.6 Å². The molecule has 2 N–H and O–H groups in total. The summed E-state index contributed by atoms with van der Waals surface area (Å²) in [7, 11) is 0. The second-order valence-corrected chi connectivity index (χ2v) is 5.71. The van der Waals surface area contributed by atoms with Crippen LogP contribution in [0, 0.1) is 0 Å². The van der Waals surface area contributed by atoms with Crippen molar-refractivity contribution in [1.29, 1.82) is 0 Å². The molecule has 1 aliphatic heterocycles. The molecule has 98 valence electrons. The largest absolute Gasteiger partial charge is 0.379 e. The number of benzene rings is 1. The summed E-state index contributed by atoms with van der Waals surface area (Å²) in [5.74, 6) is 0. The summed E-state index contributed by atoms with van der Waals surface area (Å²) >= 11 is 3.38. The van der Waals surface area contributed by atoms with E-state index < -0.39 is 0 Å². The van der Waals surface area contributed by atoms with Gasteiger partial charge in [-0.2, -0.15) is 0 Å². The topological polar surface area (TPSA) is 50.4 Å². The Labute approximate surface area is 115 Å². The molecule has 5 heteroatoms. The van der Waals surface area contributed by atoms with E-state index >= 15 is 0 Å². The Morgan fingerprint density at radius 1 is 1.44 bits per heavy atom. The zero-order valence-corrected chi connectivity index (χ0v) is 11.9. The molecule has 2 amide bonds. The zero-order valence-electron chi connectivity index (χ0n) is 10.3. The third-order valence-corrected chi connectivity index (χ3v) is 3.53. The summed E-state index contributed by atoms with van der Waals surface area (Å²) in [5, 5.41) is 5.80. The molecule has 1 fully saturated rings. The molecule has 1 heterocycles. The lowest BCUT2D eigenvalue weighted by Crippen LogP contribution is -2.50. The molecule has 1 unspecified atom stereocenters. The molecule has 0 radical (unpaired) electrons. The first-order chi connectivity index (χ1) is 8.57. The van der Waals surface area contributed by atoms with Gasteiger partial charge < -0.3 is 15.4 Å². The average Bonchev–Trinajstić information content (AvgIpc) is 2.75. The molecule has 1 aromatic carbocycles. The number of halogens is 1. The van der Waals surface area contributed by atoms with Gasteiger partial charge in [0.1, 0.15) is 0 Å². The molecule has 4 nitrogen and oxygen atoms in total. The molecular weight excluding hydrogens is 296 g/mol. The molecule has 0 saturated carbocycles. The molecule has 18 heavy (non-hydrogen) atoms. The van der Waals surface area contributed by atoms with Crippen molar-refractivity contribution >= 4 is 22.0 Å². The zero-order chi connectivity index (χ0) is 13.0. The summed E-state index contributed by atoms with van der Waals surface area (Å²) in [6, 6.07) is 7.73. The van der Waals surface area contributed by atoms with Crippen LogP contribution in [0.25, 0.3) is 0 Å². The highest BCUT2D eigenvalue weighted by Crippen LogP contribution is 2.17. The highest BCUT2D eigenvalue weighted by Gasteiger charge is 2.30. The maximum atomic E-state index is 11.8. The van der Waals surface area contributed by atoms with Crippen LogP contribution in [-0.4, -0.2) is 24.8 Å². The summed E-state index contributed by atoms with van der Waals surface area (Å²) in [4.78, 5) is 11.8. The molecule has 0 spiro atoms. The predicted molar refractivity (Wildman–Crippen MR) is 73.4 cm³/mol. The van der Waals surface area contributed by atoms with E-state index in [2.05, 4.69) is 26.6 Å². The summed E-state index contributed by atoms with van der Waals surface area (Å²) < 4.78 is 6.32. The molecule has 1 atom stereocenters. The third-order valence-electron chi connectivity index (χ3n) is 3.00. The number of ether oxygens (including phenoxy) is 1. The number of urea groups is 1. The minimum absolute atomic E-state index is 0.147. The van der Waals surface area contributed by atoms with Crippen LogP contribution in [0.4, 0.5) is 4.79 Å². The fraction of sp³-hybridized carbons (Fsp3) is 0.462. The van der Waals surface area contributed by atoms with Crippen molar-refractivity contribution < 1.29 is 9.53 Å². The van der Waals surface area contributed by atoms with Crippen LogP contribution in [0.5, 0.6) is 0 Å². The Hall–Kier alpha value is -1.07. The van der Waals surface area contributed by atoms with Crippen molar-refractivity contribution in [3.05, 3.63) is 34.3 Å². The van der Waals surface area contributed by atoms with E-state index in [0.717, 1.165) is 16.5 Å². The molecule has 2 rings (SSSR count). The monoisotopic (exact) mass is 312 g/mol. The second kappa shape index (κ2) is 5.71. The fourth-order valence-corrected chi connectivity index (χ4v) is 2.13. The summed E-state index contributed by atoms with van der Waals surface area (Å²) in [6.07, 6.45) is 0.860. The molecule has 1 aliphatic rings. The Kier molecular flexibility index (Phi) is 4.24. The molecule has 0 bridgehead atoms. The van der Waals surface area contributed by atoms with E-state index in [1.165, 1.54) is 0 Å². The van der Waals surface area contributed by atoms with Gasteiger partial charge >= 0.3 is 6.03 Å². The number of carbonyl (C=O) groups is 1. The molecule has 0 aromatic heterocycles. The second-order valence-electron chi connectivity index (χ2n) is 4.80. The standard InChI is InChI=1S/C13H17BrN2O2/c1-13(6-7-18-9-13)16-12(17)15-8-10-2-4-11(14)5-3-10/h2-5H,6-9H2,1H3,(H2,15,16,17). The number of hydrogen-bond acceptors (Lipinski definition) is 2. The molecular formula is C13H17BrN2O2. The van der Waals surface area contributed by atoms with Gasteiger partial charge in [-0.15, -0.1) is 0 Å². The van der Waals surface area contributed by atoms with Gasteiger partial charge in [0.05, 0.1) is 12.1 Å². The van der Waals surface area contributed by atoms with Gasteiger partial charge in [-0.05, 0) is 31.0 Å². The van der Waals surface area contributed by atoms with Gasteiger partial charge in [0.2, 0.25) is 0 Å². The van der Waals surface area contributed by atoms with E-state index in [9.17, 15) is 4.79 Å². The first kappa shape index (κ1) is 13.4. The van der Waals surface area contributed by atoms with Gasteiger partial charge in [-0.1, -0.05) is 28.1 Å². The third kappa shape index (κ3) is 3.71. The number of hydrogen-bond donors (Lipinski definition) is 2. The lowest BCUT2D eigenvalue weighted by Gasteiger charge is -2.23. The van der Waals surface area contributed by atoms with Gasteiger partial charge in [0.25, 0.3) is 0 Å². The van der Waals surface area contributed by atoms with E-state index in [0.29, 0.717) is 19.8 Å². The van der Waals surface area contributed by atoms with Crippen LogP contribution in [0.2, 0.25) is 0 Å². The van der Waals surface area contributed by atoms with E-state index in [1.807, 2.05) is 31.2 Å². The Bertz CT molecular complexity index is 414. The Morgan fingerprint density at radius 2 is 2.17 bits per heavy atom. The highest BCUT2D eigenvalue weighted by atomic mass is 79.9. The first-order valence-corrected chi connectivity index (χ1v) is 6.75. The van der Waals surface area contributed by atoms with Crippen molar-refractivity contribution in [2.75, 3.05) is 13.2 Å². The van der Waals surface area contributed by atoms with Crippen molar-refractivity contribution in [2.45, 2.75) is 25.4 Å². The van der Waals surface area contributed by atoms with Gasteiger partial charge in [-0.3, -0.25) is 0 Å².